The molecular formula is C57H41NOSi. The number of anilines is 3. The molecule has 1 aromatic heterocycles. The molecule has 10 aromatic rings. The van der Waals surface area contributed by atoms with Crippen molar-refractivity contribution < 1.29 is 4.42 Å². The van der Waals surface area contributed by atoms with Crippen LogP contribution in [0.3, 0.4) is 0 Å². The van der Waals surface area contributed by atoms with Gasteiger partial charge in [-0.3, -0.25) is 0 Å². The fraction of sp³-hybridized carbons (Fsp3) is 0.0526. The first-order valence-electron chi connectivity index (χ1n) is 20.9. The van der Waals surface area contributed by atoms with E-state index in [9.17, 15) is 0 Å². The number of fused-ring (bicyclic) bond motifs is 9. The Morgan fingerprint density at radius 1 is 0.400 bits per heavy atom. The maximum absolute atomic E-state index is 6.52. The number of benzene rings is 9. The van der Waals surface area contributed by atoms with Gasteiger partial charge in [-0.05, 0) is 108 Å². The normalized spacial score (nSPS) is 14.1. The van der Waals surface area contributed by atoms with E-state index in [1.165, 1.54) is 65.3 Å². The second-order valence-corrected chi connectivity index (χ2v) is 20.5. The second kappa shape index (κ2) is 13.2. The molecule has 0 amide bonds. The lowest BCUT2D eigenvalue weighted by atomic mass is 9.79. The van der Waals surface area contributed by atoms with Crippen molar-refractivity contribution in [1.29, 1.82) is 0 Å². The van der Waals surface area contributed by atoms with Crippen LogP contribution in [-0.2, 0) is 5.41 Å². The van der Waals surface area contributed by atoms with Crippen molar-refractivity contribution in [2.45, 2.75) is 19.3 Å². The van der Waals surface area contributed by atoms with Crippen molar-refractivity contribution in [1.82, 2.24) is 0 Å². The number of nitrogens with zero attached hydrogens (tertiary/aromatic N) is 1. The third kappa shape index (κ3) is 4.93. The molecule has 9 aromatic carbocycles. The van der Waals surface area contributed by atoms with Crippen LogP contribution in [0.1, 0.15) is 25.0 Å². The predicted octanol–water partition coefficient (Wildman–Crippen LogP) is 12.4. The minimum atomic E-state index is -2.72. The Bertz CT molecular complexity index is 3260. The summed E-state index contributed by atoms with van der Waals surface area (Å²) in [6.45, 7) is 4.73. The lowest BCUT2D eigenvalue weighted by Crippen LogP contribution is -2.72. The van der Waals surface area contributed by atoms with E-state index < -0.39 is 8.07 Å². The molecule has 284 valence electrons. The van der Waals surface area contributed by atoms with Gasteiger partial charge in [0.1, 0.15) is 11.2 Å². The smallest absolute Gasteiger partial charge is 0.180 e. The van der Waals surface area contributed by atoms with E-state index in [0.717, 1.165) is 39.0 Å². The summed E-state index contributed by atoms with van der Waals surface area (Å²) in [6, 6.07) is 78.7. The summed E-state index contributed by atoms with van der Waals surface area (Å²) in [7, 11) is -2.72. The lowest BCUT2D eigenvalue weighted by Gasteiger charge is -2.33. The SMILES string of the molecule is CC1(C)c2ccccc2-c2cccc(-c3ccc(N(c4cccc([Si]5(c6ccccc6)c6ccccc6-c6ccccc65)c4)c4ccc5c(c4)oc4ccccc45)cc3)c21. The first-order valence-corrected chi connectivity index (χ1v) is 22.9. The number of furan rings is 1. The third-order valence-corrected chi connectivity index (χ3v) is 18.2. The van der Waals surface area contributed by atoms with Crippen LogP contribution in [0.5, 0.6) is 0 Å². The Morgan fingerprint density at radius 2 is 0.967 bits per heavy atom. The quantitative estimate of drug-likeness (QED) is 0.156. The molecule has 0 atom stereocenters. The molecule has 60 heavy (non-hydrogen) atoms. The number of para-hydroxylation sites is 1. The maximum Gasteiger partial charge on any atom is 0.180 e. The highest BCUT2D eigenvalue weighted by molar-refractivity contribution is 7.22. The number of rotatable bonds is 6. The zero-order chi connectivity index (χ0) is 40.0. The summed E-state index contributed by atoms with van der Waals surface area (Å²) in [5.41, 5.74) is 15.6. The van der Waals surface area contributed by atoms with Crippen molar-refractivity contribution in [3.8, 4) is 33.4 Å². The Morgan fingerprint density at radius 3 is 1.75 bits per heavy atom. The van der Waals surface area contributed by atoms with E-state index in [4.69, 9.17) is 4.42 Å². The van der Waals surface area contributed by atoms with E-state index in [2.05, 4.69) is 225 Å². The van der Waals surface area contributed by atoms with E-state index in [0.29, 0.717) is 0 Å². The molecule has 0 saturated carbocycles. The van der Waals surface area contributed by atoms with Gasteiger partial charge in [-0.15, -0.1) is 0 Å². The Labute approximate surface area is 351 Å². The summed E-state index contributed by atoms with van der Waals surface area (Å²) < 4.78 is 6.52. The molecule has 0 bridgehead atoms. The largest absolute Gasteiger partial charge is 0.456 e. The van der Waals surface area contributed by atoms with Gasteiger partial charge in [-0.25, -0.2) is 0 Å². The van der Waals surface area contributed by atoms with Gasteiger partial charge in [-0.2, -0.15) is 0 Å². The molecule has 3 heteroatoms. The first kappa shape index (κ1) is 34.8. The molecule has 2 nitrogen and oxygen atoms in total. The molecule has 2 aliphatic rings. The molecule has 0 fully saturated rings. The highest BCUT2D eigenvalue weighted by Crippen LogP contribution is 2.52. The summed E-state index contributed by atoms with van der Waals surface area (Å²) in [5, 5.41) is 7.88. The molecule has 0 radical (unpaired) electrons. The van der Waals surface area contributed by atoms with Crippen LogP contribution in [-0.4, -0.2) is 8.07 Å². The Kier molecular flexibility index (Phi) is 7.63. The molecule has 1 aliphatic carbocycles. The number of hydrogen-bond acceptors (Lipinski definition) is 2. The molecule has 0 unspecified atom stereocenters. The summed E-state index contributed by atoms with van der Waals surface area (Å²) in [6.07, 6.45) is 0. The first-order chi connectivity index (χ1) is 29.5. The van der Waals surface area contributed by atoms with Gasteiger partial charge >= 0.3 is 0 Å². The van der Waals surface area contributed by atoms with Gasteiger partial charge in [-0.1, -0.05) is 178 Å². The Hall–Kier alpha value is -7.20. The van der Waals surface area contributed by atoms with Gasteiger partial charge in [0, 0.05) is 39.3 Å². The fourth-order valence-electron chi connectivity index (χ4n) is 10.8. The maximum atomic E-state index is 6.52. The average Bonchev–Trinajstić information content (AvgIpc) is 3.91. The van der Waals surface area contributed by atoms with Crippen LogP contribution in [0.4, 0.5) is 17.1 Å². The highest BCUT2D eigenvalue weighted by atomic mass is 28.3. The van der Waals surface area contributed by atoms with Gasteiger partial charge in [0.25, 0.3) is 0 Å². The number of hydrogen-bond donors (Lipinski definition) is 0. The fourth-order valence-corrected chi connectivity index (χ4v) is 16.0. The van der Waals surface area contributed by atoms with E-state index >= 15 is 0 Å². The molecule has 0 saturated heterocycles. The van der Waals surface area contributed by atoms with E-state index in [-0.39, 0.29) is 5.41 Å². The van der Waals surface area contributed by atoms with Gasteiger partial charge < -0.3 is 9.32 Å². The van der Waals surface area contributed by atoms with Crippen molar-refractivity contribution in [3.05, 3.63) is 223 Å². The van der Waals surface area contributed by atoms with Gasteiger partial charge in [0.05, 0.1) is 0 Å². The molecule has 0 N–H and O–H groups in total. The van der Waals surface area contributed by atoms with Crippen LogP contribution in [0.15, 0.2) is 217 Å². The van der Waals surface area contributed by atoms with Crippen molar-refractivity contribution in [2.24, 2.45) is 0 Å². The predicted molar refractivity (Wildman–Crippen MR) is 254 cm³/mol. The molecule has 12 rings (SSSR count). The molecule has 2 heterocycles. The third-order valence-electron chi connectivity index (χ3n) is 13.3. The summed E-state index contributed by atoms with van der Waals surface area (Å²) in [4.78, 5) is 2.41. The van der Waals surface area contributed by atoms with Crippen LogP contribution < -0.4 is 25.6 Å². The van der Waals surface area contributed by atoms with Crippen LogP contribution in [0.2, 0.25) is 0 Å². The van der Waals surface area contributed by atoms with Gasteiger partial charge in [0.2, 0.25) is 0 Å². The van der Waals surface area contributed by atoms with E-state index in [1.807, 2.05) is 6.07 Å². The van der Waals surface area contributed by atoms with Crippen LogP contribution in [0.25, 0.3) is 55.3 Å². The van der Waals surface area contributed by atoms with Crippen molar-refractivity contribution in [3.63, 3.8) is 0 Å². The monoisotopic (exact) mass is 783 g/mol. The van der Waals surface area contributed by atoms with Crippen molar-refractivity contribution >= 4 is 67.8 Å². The lowest BCUT2D eigenvalue weighted by molar-refractivity contribution is 0.662. The topological polar surface area (TPSA) is 16.4 Å². The Balaban J connectivity index is 1.05. The zero-order valence-electron chi connectivity index (χ0n) is 33.6. The highest BCUT2D eigenvalue weighted by Gasteiger charge is 2.48. The molecular weight excluding hydrogens is 743 g/mol. The van der Waals surface area contributed by atoms with Crippen LogP contribution in [0, 0.1) is 0 Å². The minimum Gasteiger partial charge on any atom is -0.456 e. The summed E-state index contributed by atoms with van der Waals surface area (Å²) in [5.74, 6) is 0. The second-order valence-electron chi connectivity index (χ2n) is 16.8. The zero-order valence-corrected chi connectivity index (χ0v) is 34.6. The average molecular weight is 784 g/mol. The molecule has 1 aliphatic heterocycles. The molecule has 0 spiro atoms. The minimum absolute atomic E-state index is 0.105. The standard InChI is InChI=1S/C57H41NOSi/c1-57(2)51-26-10-6-20-45(51)50-25-15-24-44(56(50)57)38-30-32-39(33-31-38)58(41-34-35-47-46-21-7-11-27-52(46)59-53(47)37-41)40-16-14-19-43(36-40)60(42-17-4-3-5-18-42)54-28-12-8-22-48(54)49-23-9-13-29-55(49)60/h3-37H,1-2H3. The summed E-state index contributed by atoms with van der Waals surface area (Å²) >= 11 is 0. The van der Waals surface area contributed by atoms with Gasteiger partial charge in [0.15, 0.2) is 8.07 Å². The van der Waals surface area contributed by atoms with Crippen LogP contribution >= 0.6 is 0 Å². The van der Waals surface area contributed by atoms with E-state index in [1.54, 1.807) is 0 Å². The van der Waals surface area contributed by atoms with Crippen molar-refractivity contribution in [2.75, 3.05) is 4.90 Å².